The monoisotopic (exact) mass is 467 g/mol. The van der Waals surface area contributed by atoms with Crippen molar-refractivity contribution in [3.8, 4) is 0 Å². The van der Waals surface area contributed by atoms with Crippen LogP contribution in [0.15, 0.2) is 48.5 Å². The Bertz CT molecular complexity index is 908. The largest absolute Gasteiger partial charge is 0.350 e. The van der Waals surface area contributed by atoms with Gasteiger partial charge in [0.2, 0.25) is 5.91 Å². The van der Waals surface area contributed by atoms with Gasteiger partial charge in [0.15, 0.2) is 0 Å². The second-order valence-electron chi connectivity index (χ2n) is 9.17. The van der Waals surface area contributed by atoms with Gasteiger partial charge in [-0.2, -0.15) is 11.8 Å². The van der Waals surface area contributed by atoms with Gasteiger partial charge in [-0.05, 0) is 80.5 Å². The van der Waals surface area contributed by atoms with E-state index in [9.17, 15) is 9.59 Å². The molecule has 0 aliphatic carbocycles. The fraction of sp³-hybridized carbons (Fsp3) is 0.481. The molecular weight excluding hydrogens is 430 g/mol. The summed E-state index contributed by atoms with van der Waals surface area (Å²) in [6, 6.07) is 15.4. The number of benzene rings is 2. The minimum atomic E-state index is -0.550. The Morgan fingerprint density at radius 3 is 2.45 bits per heavy atom. The lowest BCUT2D eigenvalue weighted by atomic mass is 9.99. The zero-order chi connectivity index (χ0) is 23.6. The van der Waals surface area contributed by atoms with Crippen LogP contribution in [0.3, 0.4) is 0 Å². The molecule has 1 aliphatic rings. The molecule has 3 rings (SSSR count). The number of thioether (sulfide) groups is 1. The van der Waals surface area contributed by atoms with Crippen LogP contribution in [0, 0.1) is 12.8 Å². The van der Waals surface area contributed by atoms with Gasteiger partial charge in [-0.3, -0.25) is 14.5 Å². The molecule has 0 aromatic heterocycles. The molecule has 1 saturated heterocycles. The third-order valence-corrected chi connectivity index (χ3v) is 6.93. The quantitative estimate of drug-likeness (QED) is 0.544. The van der Waals surface area contributed by atoms with Crippen molar-refractivity contribution in [1.82, 2.24) is 15.5 Å². The minimum Gasteiger partial charge on any atom is -0.350 e. The summed E-state index contributed by atoms with van der Waals surface area (Å²) >= 11 is 1.67. The molecule has 1 atom stereocenters. The highest BCUT2D eigenvalue weighted by atomic mass is 32.2. The van der Waals surface area contributed by atoms with Crippen molar-refractivity contribution < 1.29 is 9.59 Å². The maximum Gasteiger partial charge on any atom is 0.251 e. The first-order chi connectivity index (χ1) is 15.9. The average molecular weight is 468 g/mol. The zero-order valence-electron chi connectivity index (χ0n) is 20.1. The van der Waals surface area contributed by atoms with E-state index in [2.05, 4.69) is 46.7 Å². The number of hydrogen-bond donors (Lipinski definition) is 2. The van der Waals surface area contributed by atoms with E-state index in [0.717, 1.165) is 29.3 Å². The van der Waals surface area contributed by atoms with E-state index in [-0.39, 0.29) is 11.8 Å². The van der Waals surface area contributed by atoms with Crippen molar-refractivity contribution >= 4 is 23.6 Å². The van der Waals surface area contributed by atoms with Gasteiger partial charge in [-0.25, -0.2) is 0 Å². The van der Waals surface area contributed by atoms with Crippen molar-refractivity contribution in [2.24, 2.45) is 5.92 Å². The van der Waals surface area contributed by atoms with Crippen molar-refractivity contribution in [3.05, 3.63) is 70.8 Å². The van der Waals surface area contributed by atoms with Crippen molar-refractivity contribution in [3.63, 3.8) is 0 Å². The second kappa shape index (κ2) is 12.8. The Morgan fingerprint density at radius 1 is 1.09 bits per heavy atom. The number of likely N-dealkylation sites (tertiary alicyclic amines) is 1. The van der Waals surface area contributed by atoms with E-state index in [0.29, 0.717) is 18.5 Å². The van der Waals surface area contributed by atoms with Crippen LogP contribution in [0.25, 0.3) is 0 Å². The van der Waals surface area contributed by atoms with Crippen LogP contribution >= 0.6 is 11.8 Å². The van der Waals surface area contributed by atoms with Crippen molar-refractivity contribution in [2.45, 2.75) is 52.2 Å². The van der Waals surface area contributed by atoms with Crippen LogP contribution in [0.1, 0.15) is 53.2 Å². The molecule has 0 saturated carbocycles. The third-order valence-electron chi connectivity index (χ3n) is 6.28. The third kappa shape index (κ3) is 8.20. The van der Waals surface area contributed by atoms with Crippen LogP contribution in [0.4, 0.5) is 0 Å². The topological polar surface area (TPSA) is 61.4 Å². The van der Waals surface area contributed by atoms with E-state index < -0.39 is 6.04 Å². The first-order valence-electron chi connectivity index (χ1n) is 11.9. The SMILES string of the molecule is CSCCC(NC(=O)c1cccc(C)c1)C(=O)NCc1ccc(CN2CCC(C)CC2)cc1. The molecule has 0 radical (unpaired) electrons. The number of hydrogen-bond acceptors (Lipinski definition) is 4. The number of carbonyl (C=O) groups excluding carboxylic acids is 2. The highest BCUT2D eigenvalue weighted by molar-refractivity contribution is 7.98. The fourth-order valence-corrected chi connectivity index (χ4v) is 4.56. The first kappa shape index (κ1) is 25.3. The minimum absolute atomic E-state index is 0.142. The number of nitrogens with one attached hydrogen (secondary N) is 2. The molecule has 2 aromatic carbocycles. The Hall–Kier alpha value is -2.31. The van der Waals surface area contributed by atoms with Crippen molar-refractivity contribution in [2.75, 3.05) is 25.1 Å². The van der Waals surface area contributed by atoms with Gasteiger partial charge in [0.1, 0.15) is 6.04 Å². The summed E-state index contributed by atoms with van der Waals surface area (Å²) in [6.07, 6.45) is 5.16. The first-order valence-corrected chi connectivity index (χ1v) is 13.3. The van der Waals surface area contributed by atoms with Gasteiger partial charge >= 0.3 is 0 Å². The molecule has 0 spiro atoms. The Morgan fingerprint density at radius 2 is 1.79 bits per heavy atom. The van der Waals surface area contributed by atoms with E-state index in [1.54, 1.807) is 17.8 Å². The number of piperidine rings is 1. The van der Waals surface area contributed by atoms with Gasteiger partial charge in [0, 0.05) is 18.7 Å². The summed E-state index contributed by atoms with van der Waals surface area (Å²) in [5, 5.41) is 5.93. The normalized spacial score (nSPS) is 15.7. The fourth-order valence-electron chi connectivity index (χ4n) is 4.09. The number of nitrogens with zero attached hydrogens (tertiary/aromatic N) is 1. The van der Waals surface area contributed by atoms with Gasteiger partial charge in [-0.15, -0.1) is 0 Å². The lowest BCUT2D eigenvalue weighted by Crippen LogP contribution is -2.46. The van der Waals surface area contributed by atoms with E-state index in [4.69, 9.17) is 0 Å². The molecular formula is C27H37N3O2S. The molecule has 33 heavy (non-hydrogen) atoms. The standard InChI is InChI=1S/C27H37N3O2S/c1-20-11-14-30(15-12-20)19-23-9-7-22(8-10-23)18-28-27(32)25(13-16-33-3)29-26(31)24-6-4-5-21(2)17-24/h4-10,17,20,25H,11-16,18-19H2,1-3H3,(H,28,32)(H,29,31). The van der Waals surface area contributed by atoms with Crippen LogP contribution in [0.2, 0.25) is 0 Å². The molecule has 2 aromatic rings. The molecule has 5 nitrogen and oxygen atoms in total. The second-order valence-corrected chi connectivity index (χ2v) is 10.2. The Labute approximate surface area is 202 Å². The Balaban J connectivity index is 1.52. The summed E-state index contributed by atoms with van der Waals surface area (Å²) in [5.41, 5.74) is 3.97. The molecule has 1 unspecified atom stereocenters. The summed E-state index contributed by atoms with van der Waals surface area (Å²) in [6.45, 7) is 8.07. The van der Waals surface area contributed by atoms with E-state index in [1.165, 1.54) is 31.5 Å². The van der Waals surface area contributed by atoms with Crippen molar-refractivity contribution in [1.29, 1.82) is 0 Å². The lowest BCUT2D eigenvalue weighted by Gasteiger charge is -2.30. The summed E-state index contributed by atoms with van der Waals surface area (Å²) in [4.78, 5) is 28.1. The molecule has 1 heterocycles. The summed E-state index contributed by atoms with van der Waals surface area (Å²) in [7, 11) is 0. The van der Waals surface area contributed by atoms with Crippen LogP contribution in [-0.4, -0.2) is 47.9 Å². The average Bonchev–Trinajstić information content (AvgIpc) is 2.82. The lowest BCUT2D eigenvalue weighted by molar-refractivity contribution is -0.123. The number of rotatable bonds is 10. The predicted octanol–water partition coefficient (Wildman–Crippen LogP) is 4.39. The summed E-state index contributed by atoms with van der Waals surface area (Å²) < 4.78 is 0. The zero-order valence-corrected chi connectivity index (χ0v) is 20.9. The maximum absolute atomic E-state index is 12.9. The highest BCUT2D eigenvalue weighted by Crippen LogP contribution is 2.18. The van der Waals surface area contributed by atoms with Gasteiger partial charge in [0.25, 0.3) is 5.91 Å². The highest BCUT2D eigenvalue weighted by Gasteiger charge is 2.21. The Kier molecular flexibility index (Phi) is 9.82. The number of carbonyl (C=O) groups is 2. The molecule has 1 aliphatic heterocycles. The molecule has 2 N–H and O–H groups in total. The summed E-state index contributed by atoms with van der Waals surface area (Å²) in [5.74, 6) is 1.29. The van der Waals surface area contributed by atoms with Crippen LogP contribution < -0.4 is 10.6 Å². The van der Waals surface area contributed by atoms with Gasteiger partial charge in [-0.1, -0.05) is 48.9 Å². The van der Waals surface area contributed by atoms with Gasteiger partial charge in [0.05, 0.1) is 0 Å². The van der Waals surface area contributed by atoms with E-state index >= 15 is 0 Å². The number of aryl methyl sites for hydroxylation is 1. The van der Waals surface area contributed by atoms with Gasteiger partial charge < -0.3 is 10.6 Å². The molecule has 6 heteroatoms. The molecule has 1 fully saturated rings. The smallest absolute Gasteiger partial charge is 0.251 e. The molecule has 178 valence electrons. The predicted molar refractivity (Wildman–Crippen MR) is 137 cm³/mol. The number of amides is 2. The molecule has 0 bridgehead atoms. The molecule has 2 amide bonds. The maximum atomic E-state index is 12.9. The van der Waals surface area contributed by atoms with Crippen LogP contribution in [-0.2, 0) is 17.9 Å². The van der Waals surface area contributed by atoms with Crippen LogP contribution in [0.5, 0.6) is 0 Å². The van der Waals surface area contributed by atoms with E-state index in [1.807, 2.05) is 31.4 Å².